The molecule has 1 aliphatic rings. The maximum Gasteiger partial charge on any atom is 0.335 e. The first kappa shape index (κ1) is 18.6. The summed E-state index contributed by atoms with van der Waals surface area (Å²) in [5.41, 5.74) is 0.915. The molecule has 0 radical (unpaired) electrons. The van der Waals surface area contributed by atoms with Gasteiger partial charge in [0.1, 0.15) is 10.3 Å². The molecule has 7 nitrogen and oxygen atoms in total. The summed E-state index contributed by atoms with van der Waals surface area (Å²) in [4.78, 5) is 23.4. The molecule has 3 rings (SSSR count). The number of aromatic carboxylic acids is 1. The Morgan fingerprint density at radius 1 is 1.23 bits per heavy atom. The summed E-state index contributed by atoms with van der Waals surface area (Å²) in [5.74, 6) is -1.36. The number of sulfonamides is 1. The van der Waals surface area contributed by atoms with E-state index >= 15 is 0 Å². The zero-order valence-corrected chi connectivity index (χ0v) is 15.4. The van der Waals surface area contributed by atoms with Crippen LogP contribution in [0.25, 0.3) is 0 Å². The first-order valence-corrected chi connectivity index (χ1v) is 10.4. The first-order chi connectivity index (χ1) is 12.4. The number of carboxylic acids is 1. The van der Waals surface area contributed by atoms with Gasteiger partial charge in [-0.3, -0.25) is 4.79 Å². The van der Waals surface area contributed by atoms with E-state index in [9.17, 15) is 18.0 Å². The third-order valence-corrected chi connectivity index (χ3v) is 7.51. The van der Waals surface area contributed by atoms with Gasteiger partial charge in [-0.05, 0) is 42.0 Å². The van der Waals surface area contributed by atoms with Crippen LogP contribution in [0.3, 0.4) is 0 Å². The summed E-state index contributed by atoms with van der Waals surface area (Å²) < 4.78 is 26.9. The van der Waals surface area contributed by atoms with Crippen LogP contribution in [0.5, 0.6) is 0 Å². The van der Waals surface area contributed by atoms with Crippen LogP contribution in [-0.4, -0.2) is 42.3 Å². The molecule has 2 heterocycles. The number of carboxylic acid groups (broad SMARTS) is 1. The second-order valence-electron chi connectivity index (χ2n) is 5.93. The fourth-order valence-electron chi connectivity index (χ4n) is 2.89. The number of rotatable bonds is 6. The number of carbonyl (C=O) groups is 2. The fourth-order valence-corrected chi connectivity index (χ4v) is 5.66. The summed E-state index contributed by atoms with van der Waals surface area (Å²) in [5, 5.41) is 13.3. The summed E-state index contributed by atoms with van der Waals surface area (Å²) in [6.45, 7) is 0.535. The van der Waals surface area contributed by atoms with Crippen molar-refractivity contribution in [1.29, 1.82) is 0 Å². The highest BCUT2D eigenvalue weighted by Gasteiger charge is 2.39. The van der Waals surface area contributed by atoms with Gasteiger partial charge in [0.05, 0.1) is 5.56 Å². The Bertz CT molecular complexity index is 892. The van der Waals surface area contributed by atoms with Crippen molar-refractivity contribution in [2.45, 2.75) is 29.6 Å². The minimum absolute atomic E-state index is 0.170. The fraction of sp³-hybridized carbons (Fsp3) is 0.294. The lowest BCUT2D eigenvalue weighted by Gasteiger charge is -2.22. The third-order valence-electron chi connectivity index (χ3n) is 4.23. The van der Waals surface area contributed by atoms with Crippen molar-refractivity contribution in [2.24, 2.45) is 0 Å². The molecule has 2 N–H and O–H groups in total. The molecular formula is C17H18N2O5S2. The molecule has 26 heavy (non-hydrogen) atoms. The number of benzene rings is 1. The predicted octanol–water partition coefficient (Wildman–Crippen LogP) is 1.92. The minimum Gasteiger partial charge on any atom is -0.478 e. The van der Waals surface area contributed by atoms with Gasteiger partial charge in [0.25, 0.3) is 10.0 Å². The van der Waals surface area contributed by atoms with Crippen molar-refractivity contribution >= 4 is 33.2 Å². The van der Waals surface area contributed by atoms with Crippen LogP contribution in [0, 0.1) is 0 Å². The molecule has 0 spiro atoms. The van der Waals surface area contributed by atoms with Gasteiger partial charge in [0.15, 0.2) is 0 Å². The molecule has 0 aliphatic carbocycles. The number of thiophene rings is 1. The van der Waals surface area contributed by atoms with Crippen molar-refractivity contribution in [3.05, 3.63) is 52.9 Å². The average Bonchev–Trinajstić information content (AvgIpc) is 3.31. The minimum atomic E-state index is -3.66. The number of carbonyl (C=O) groups excluding carboxylic acids is 1. The normalized spacial score (nSPS) is 17.9. The molecule has 1 amide bonds. The van der Waals surface area contributed by atoms with E-state index in [2.05, 4.69) is 5.32 Å². The van der Waals surface area contributed by atoms with Gasteiger partial charge in [-0.1, -0.05) is 18.2 Å². The Morgan fingerprint density at radius 3 is 2.58 bits per heavy atom. The van der Waals surface area contributed by atoms with Gasteiger partial charge in [0.2, 0.25) is 5.91 Å². The molecule has 1 saturated heterocycles. The lowest BCUT2D eigenvalue weighted by molar-refractivity contribution is -0.124. The van der Waals surface area contributed by atoms with Crippen LogP contribution in [0.15, 0.2) is 46.0 Å². The number of hydrogen-bond acceptors (Lipinski definition) is 5. The molecule has 1 fully saturated rings. The van der Waals surface area contributed by atoms with E-state index in [1.807, 2.05) is 0 Å². The van der Waals surface area contributed by atoms with Gasteiger partial charge in [-0.15, -0.1) is 11.3 Å². The molecule has 9 heteroatoms. The van der Waals surface area contributed by atoms with Crippen molar-refractivity contribution in [3.8, 4) is 0 Å². The summed E-state index contributed by atoms with van der Waals surface area (Å²) >= 11 is 1.14. The molecule has 0 saturated carbocycles. The molecule has 2 aromatic rings. The Kier molecular flexibility index (Phi) is 5.40. The lowest BCUT2D eigenvalue weighted by atomic mass is 10.1. The van der Waals surface area contributed by atoms with Crippen LogP contribution in [0.1, 0.15) is 28.8 Å². The van der Waals surface area contributed by atoms with Gasteiger partial charge in [0, 0.05) is 13.1 Å². The maximum atomic E-state index is 12.7. The standard InChI is InChI=1S/C17H18N2O5S2/c20-16(18-11-12-5-7-13(8-6-12)17(21)22)14-3-1-9-19(14)26(23,24)15-4-2-10-25-15/h2,4-8,10,14H,1,3,9,11H2,(H,18,20)(H,21,22). The lowest BCUT2D eigenvalue weighted by Crippen LogP contribution is -2.45. The molecule has 0 bridgehead atoms. The quantitative estimate of drug-likeness (QED) is 0.779. The summed E-state index contributed by atoms with van der Waals surface area (Å²) in [6, 6.07) is 8.66. The smallest absolute Gasteiger partial charge is 0.335 e. The number of hydrogen-bond donors (Lipinski definition) is 2. The van der Waals surface area contributed by atoms with Gasteiger partial charge in [-0.25, -0.2) is 13.2 Å². The van der Waals surface area contributed by atoms with Crippen molar-refractivity contribution < 1.29 is 23.1 Å². The number of amides is 1. The van der Waals surface area contributed by atoms with E-state index in [1.165, 1.54) is 22.5 Å². The molecule has 1 aliphatic heterocycles. The van der Waals surface area contributed by atoms with Gasteiger partial charge >= 0.3 is 5.97 Å². The van der Waals surface area contributed by atoms with Crippen LogP contribution in [-0.2, 0) is 21.4 Å². The average molecular weight is 394 g/mol. The molecule has 1 unspecified atom stereocenters. The number of nitrogens with one attached hydrogen (secondary N) is 1. The largest absolute Gasteiger partial charge is 0.478 e. The van der Waals surface area contributed by atoms with Crippen LogP contribution in [0.2, 0.25) is 0 Å². The van der Waals surface area contributed by atoms with E-state index in [0.29, 0.717) is 19.4 Å². The number of nitrogens with zero attached hydrogens (tertiary/aromatic N) is 1. The molecular weight excluding hydrogens is 376 g/mol. The van der Waals surface area contributed by atoms with Crippen molar-refractivity contribution in [2.75, 3.05) is 6.54 Å². The highest BCUT2D eigenvalue weighted by Crippen LogP contribution is 2.28. The summed E-state index contributed by atoms with van der Waals surface area (Å²) in [7, 11) is -3.66. The third kappa shape index (κ3) is 3.79. The SMILES string of the molecule is O=C(O)c1ccc(CNC(=O)C2CCCN2S(=O)(=O)c2cccs2)cc1. The van der Waals surface area contributed by atoms with E-state index in [0.717, 1.165) is 16.9 Å². The second kappa shape index (κ2) is 7.56. The Hall–Kier alpha value is -2.23. The molecule has 138 valence electrons. The molecule has 1 atom stereocenters. The van der Waals surface area contributed by atoms with Crippen LogP contribution < -0.4 is 5.32 Å². The predicted molar refractivity (Wildman–Crippen MR) is 96.5 cm³/mol. The monoisotopic (exact) mass is 394 g/mol. The first-order valence-electron chi connectivity index (χ1n) is 8.05. The molecule has 1 aromatic carbocycles. The van der Waals surface area contributed by atoms with Crippen molar-refractivity contribution in [1.82, 2.24) is 9.62 Å². The van der Waals surface area contributed by atoms with Gasteiger partial charge < -0.3 is 10.4 Å². The van der Waals surface area contributed by atoms with E-state index in [4.69, 9.17) is 5.11 Å². The van der Waals surface area contributed by atoms with E-state index in [-0.39, 0.29) is 22.2 Å². The van der Waals surface area contributed by atoms with Gasteiger partial charge in [-0.2, -0.15) is 4.31 Å². The zero-order chi connectivity index (χ0) is 18.7. The Balaban J connectivity index is 1.66. The van der Waals surface area contributed by atoms with E-state index < -0.39 is 22.0 Å². The maximum absolute atomic E-state index is 12.7. The van der Waals surface area contributed by atoms with Crippen LogP contribution >= 0.6 is 11.3 Å². The Morgan fingerprint density at radius 2 is 1.96 bits per heavy atom. The van der Waals surface area contributed by atoms with Crippen LogP contribution in [0.4, 0.5) is 0 Å². The second-order valence-corrected chi connectivity index (χ2v) is 8.99. The zero-order valence-electron chi connectivity index (χ0n) is 13.8. The van der Waals surface area contributed by atoms with E-state index in [1.54, 1.807) is 23.6 Å². The summed E-state index contributed by atoms with van der Waals surface area (Å²) in [6.07, 6.45) is 1.12. The molecule has 1 aromatic heterocycles. The highest BCUT2D eigenvalue weighted by molar-refractivity contribution is 7.91. The topological polar surface area (TPSA) is 104 Å². The Labute approximate surface area is 155 Å². The van der Waals surface area contributed by atoms with Crippen molar-refractivity contribution in [3.63, 3.8) is 0 Å². The highest BCUT2D eigenvalue weighted by atomic mass is 32.2.